The number of amides is 3. The number of carbonyl (C=O) groups is 3. The summed E-state index contributed by atoms with van der Waals surface area (Å²) in [4.78, 5) is 33.5. The largest absolute Gasteiger partial charge is 0.453 e. The number of primary amides is 1. The molecule has 23 heavy (non-hydrogen) atoms. The molecule has 1 atom stereocenters. The summed E-state index contributed by atoms with van der Waals surface area (Å²) >= 11 is 0. The zero-order chi connectivity index (χ0) is 17.6. The van der Waals surface area contributed by atoms with Crippen molar-refractivity contribution in [1.82, 2.24) is 5.32 Å². The van der Waals surface area contributed by atoms with Crippen molar-refractivity contribution in [3.05, 3.63) is 29.8 Å². The van der Waals surface area contributed by atoms with Crippen LogP contribution in [-0.2, 0) is 24.2 Å². The molecule has 0 fully saturated rings. The van der Waals surface area contributed by atoms with Crippen molar-refractivity contribution in [2.45, 2.75) is 31.3 Å². The predicted molar refractivity (Wildman–Crippen MR) is 81.1 cm³/mol. The first kappa shape index (κ1) is 18.6. The molecule has 1 rings (SSSR count). The van der Waals surface area contributed by atoms with Gasteiger partial charge in [-0.05, 0) is 26.0 Å². The van der Waals surface area contributed by atoms with Crippen LogP contribution in [0.5, 0.6) is 0 Å². The maximum absolute atomic E-state index is 12.1. The predicted octanol–water partition coefficient (Wildman–Crippen LogP) is 0.285. The number of sulfone groups is 1. The number of aryl methyl sites for hydroxylation is 1. The second kappa shape index (κ2) is 7.73. The molecule has 0 saturated carbocycles. The van der Waals surface area contributed by atoms with E-state index in [0.717, 1.165) is 5.56 Å². The number of rotatable bonds is 6. The molecule has 8 nitrogen and oxygen atoms in total. The first-order valence-corrected chi connectivity index (χ1v) is 8.36. The standard InChI is InChI=1S/C14H18N2O6S/c1-9-3-5-11(6-4-9)23(20,21)8-7-12(17)22-10(2)13(18)16-14(15)19/h3-6,10H,7-8H2,1-2H3,(H3,15,16,18,19)/t10-/m1/s1. The smallest absolute Gasteiger partial charge is 0.318 e. The molecule has 0 spiro atoms. The van der Waals surface area contributed by atoms with Gasteiger partial charge in [-0.1, -0.05) is 17.7 Å². The zero-order valence-corrected chi connectivity index (χ0v) is 13.6. The summed E-state index contributed by atoms with van der Waals surface area (Å²) in [6.07, 6.45) is -1.67. The van der Waals surface area contributed by atoms with Gasteiger partial charge in [0, 0.05) is 0 Å². The summed E-state index contributed by atoms with van der Waals surface area (Å²) in [7, 11) is -3.62. The fourth-order valence-corrected chi connectivity index (χ4v) is 2.84. The Labute approximate surface area is 133 Å². The monoisotopic (exact) mass is 342 g/mol. The van der Waals surface area contributed by atoms with Gasteiger partial charge >= 0.3 is 12.0 Å². The number of carbonyl (C=O) groups excluding carboxylic acids is 3. The molecule has 3 N–H and O–H groups in total. The van der Waals surface area contributed by atoms with Gasteiger partial charge in [0.1, 0.15) is 0 Å². The van der Waals surface area contributed by atoms with E-state index in [1.165, 1.54) is 19.1 Å². The molecule has 0 aliphatic carbocycles. The molecule has 0 unspecified atom stereocenters. The third-order valence-corrected chi connectivity index (χ3v) is 4.61. The number of benzene rings is 1. The first-order chi connectivity index (χ1) is 10.6. The lowest BCUT2D eigenvalue weighted by atomic mass is 10.2. The van der Waals surface area contributed by atoms with Gasteiger partial charge in [0.25, 0.3) is 5.91 Å². The number of imide groups is 1. The fourth-order valence-electron chi connectivity index (χ4n) is 1.61. The molecule has 0 aliphatic rings. The van der Waals surface area contributed by atoms with Gasteiger partial charge < -0.3 is 10.5 Å². The van der Waals surface area contributed by atoms with E-state index >= 15 is 0 Å². The van der Waals surface area contributed by atoms with Crippen molar-refractivity contribution >= 4 is 27.7 Å². The average Bonchev–Trinajstić information content (AvgIpc) is 2.45. The Bertz CT molecular complexity index is 696. The maximum atomic E-state index is 12.1. The second-order valence-corrected chi connectivity index (χ2v) is 6.98. The molecule has 126 valence electrons. The lowest BCUT2D eigenvalue weighted by Gasteiger charge is -2.12. The van der Waals surface area contributed by atoms with E-state index in [4.69, 9.17) is 10.5 Å². The van der Waals surface area contributed by atoms with Crippen LogP contribution in [0, 0.1) is 6.92 Å². The first-order valence-electron chi connectivity index (χ1n) is 6.71. The van der Waals surface area contributed by atoms with Crippen LogP contribution in [0.25, 0.3) is 0 Å². The molecule has 9 heteroatoms. The van der Waals surface area contributed by atoms with Crippen LogP contribution >= 0.6 is 0 Å². The van der Waals surface area contributed by atoms with E-state index < -0.39 is 46.0 Å². The zero-order valence-electron chi connectivity index (χ0n) is 12.7. The summed E-state index contributed by atoms with van der Waals surface area (Å²) in [6.45, 7) is 3.07. The van der Waals surface area contributed by atoms with Crippen LogP contribution in [0.3, 0.4) is 0 Å². The average molecular weight is 342 g/mol. The molecule has 0 heterocycles. The molecule has 0 saturated heterocycles. The third-order valence-electron chi connectivity index (χ3n) is 2.88. The summed E-state index contributed by atoms with van der Waals surface area (Å²) in [5.74, 6) is -2.20. The molecule has 3 amide bonds. The fraction of sp³-hybridized carbons (Fsp3) is 0.357. The SMILES string of the molecule is Cc1ccc(S(=O)(=O)CCC(=O)O[C@H](C)C(=O)NC(N)=O)cc1. The number of hydrogen-bond donors (Lipinski definition) is 2. The van der Waals surface area contributed by atoms with E-state index in [2.05, 4.69) is 0 Å². The Morgan fingerprint density at radius 3 is 2.30 bits per heavy atom. The highest BCUT2D eigenvalue weighted by atomic mass is 32.2. The summed E-state index contributed by atoms with van der Waals surface area (Å²) < 4.78 is 28.9. The minimum atomic E-state index is -3.62. The van der Waals surface area contributed by atoms with Crippen molar-refractivity contribution < 1.29 is 27.5 Å². The molecule has 0 aromatic heterocycles. The minimum absolute atomic E-state index is 0.107. The van der Waals surface area contributed by atoms with Gasteiger partial charge in [-0.3, -0.25) is 14.9 Å². The van der Waals surface area contributed by atoms with Crippen LogP contribution in [0.4, 0.5) is 4.79 Å². The number of ether oxygens (including phenoxy) is 1. The summed E-state index contributed by atoms with van der Waals surface area (Å²) in [5, 5.41) is 1.76. The normalized spacial score (nSPS) is 12.3. The molecule has 0 aliphatic heterocycles. The Kier molecular flexibility index (Phi) is 6.26. The molecule has 0 bridgehead atoms. The summed E-state index contributed by atoms with van der Waals surface area (Å²) in [6, 6.07) is 5.15. The van der Waals surface area contributed by atoms with Crippen molar-refractivity contribution in [3.8, 4) is 0 Å². The van der Waals surface area contributed by atoms with Crippen LogP contribution in [0.15, 0.2) is 29.2 Å². The Morgan fingerprint density at radius 1 is 1.22 bits per heavy atom. The molecular formula is C14H18N2O6S. The number of urea groups is 1. The molecule has 1 aromatic carbocycles. The van der Waals surface area contributed by atoms with E-state index in [-0.39, 0.29) is 4.90 Å². The lowest BCUT2D eigenvalue weighted by molar-refractivity contribution is -0.154. The minimum Gasteiger partial charge on any atom is -0.453 e. The van der Waals surface area contributed by atoms with Crippen molar-refractivity contribution in [1.29, 1.82) is 0 Å². The second-order valence-electron chi connectivity index (χ2n) is 4.87. The van der Waals surface area contributed by atoms with Crippen molar-refractivity contribution in [2.75, 3.05) is 5.75 Å². The van der Waals surface area contributed by atoms with Crippen LogP contribution in [0.1, 0.15) is 18.9 Å². The Balaban J connectivity index is 2.57. The van der Waals surface area contributed by atoms with E-state index in [1.807, 2.05) is 6.92 Å². The Morgan fingerprint density at radius 2 is 1.78 bits per heavy atom. The molecule has 0 radical (unpaired) electrons. The highest BCUT2D eigenvalue weighted by molar-refractivity contribution is 7.91. The highest BCUT2D eigenvalue weighted by Gasteiger charge is 2.21. The van der Waals surface area contributed by atoms with Crippen molar-refractivity contribution in [2.24, 2.45) is 5.73 Å². The van der Waals surface area contributed by atoms with Gasteiger partial charge in [0.05, 0.1) is 17.1 Å². The summed E-state index contributed by atoms with van der Waals surface area (Å²) in [5.41, 5.74) is 5.68. The van der Waals surface area contributed by atoms with Crippen molar-refractivity contribution in [3.63, 3.8) is 0 Å². The van der Waals surface area contributed by atoms with Gasteiger partial charge in [0.2, 0.25) is 0 Å². The Hall–Kier alpha value is -2.42. The van der Waals surface area contributed by atoms with Crippen LogP contribution < -0.4 is 11.1 Å². The van der Waals surface area contributed by atoms with Gasteiger partial charge in [-0.2, -0.15) is 0 Å². The van der Waals surface area contributed by atoms with Crippen LogP contribution in [-0.4, -0.2) is 38.2 Å². The molecular weight excluding hydrogens is 324 g/mol. The quantitative estimate of drug-likeness (QED) is 0.714. The topological polar surface area (TPSA) is 133 Å². The molecule has 1 aromatic rings. The highest BCUT2D eigenvalue weighted by Crippen LogP contribution is 2.13. The van der Waals surface area contributed by atoms with E-state index in [1.54, 1.807) is 17.4 Å². The number of hydrogen-bond acceptors (Lipinski definition) is 6. The number of nitrogens with one attached hydrogen (secondary N) is 1. The van der Waals surface area contributed by atoms with Gasteiger partial charge in [-0.25, -0.2) is 13.2 Å². The maximum Gasteiger partial charge on any atom is 0.318 e. The third kappa shape index (κ3) is 6.07. The van der Waals surface area contributed by atoms with E-state index in [9.17, 15) is 22.8 Å². The van der Waals surface area contributed by atoms with E-state index in [0.29, 0.717) is 0 Å². The van der Waals surface area contributed by atoms with Gasteiger partial charge in [-0.15, -0.1) is 0 Å². The van der Waals surface area contributed by atoms with Gasteiger partial charge in [0.15, 0.2) is 15.9 Å². The van der Waals surface area contributed by atoms with Crippen LogP contribution in [0.2, 0.25) is 0 Å². The number of esters is 1. The number of nitrogens with two attached hydrogens (primary N) is 1. The lowest BCUT2D eigenvalue weighted by Crippen LogP contribution is -2.42.